The van der Waals surface area contributed by atoms with E-state index in [9.17, 15) is 0 Å². The molecule has 0 fully saturated rings. The molecule has 0 aliphatic carbocycles. The summed E-state index contributed by atoms with van der Waals surface area (Å²) in [6.07, 6.45) is 4.76. The fourth-order valence-electron chi connectivity index (χ4n) is 0.262. The molecule has 0 aromatic heterocycles. The lowest BCUT2D eigenvalue weighted by molar-refractivity contribution is 0.353. The second-order valence-electron chi connectivity index (χ2n) is 1.38. The Hall–Kier alpha value is -1.09. The Morgan fingerprint density at radius 1 is 1.78 bits per heavy atom. The predicted octanol–water partition coefficient (Wildman–Crippen LogP) is 0.245. The first-order valence-corrected chi connectivity index (χ1v) is 2.53. The fraction of sp³-hybridized carbons (Fsp3) is 0.167. The van der Waals surface area contributed by atoms with E-state index in [4.69, 9.17) is 10.5 Å². The maximum atomic E-state index is 8.29. The molecule has 3 nitrogen and oxygen atoms in total. The number of aliphatic hydroxyl groups excluding tert-OH is 1. The van der Waals surface area contributed by atoms with Crippen molar-refractivity contribution in [3.05, 3.63) is 24.9 Å². The minimum atomic E-state index is -0.262. The van der Waals surface area contributed by atoms with E-state index in [-0.39, 0.29) is 12.4 Å². The minimum Gasteiger partial charge on any atom is -0.388 e. The van der Waals surface area contributed by atoms with Crippen LogP contribution >= 0.6 is 0 Å². The van der Waals surface area contributed by atoms with Crippen LogP contribution in [0, 0.1) is 5.41 Å². The molecule has 3 heteroatoms. The van der Waals surface area contributed by atoms with Gasteiger partial charge in [-0.1, -0.05) is 12.7 Å². The summed E-state index contributed by atoms with van der Waals surface area (Å²) in [5.74, 6) is 0.0769. The highest BCUT2D eigenvalue weighted by Crippen LogP contribution is 1.68. The monoisotopic (exact) mass is 126 g/mol. The molecule has 0 aliphatic rings. The summed E-state index contributed by atoms with van der Waals surface area (Å²) in [5.41, 5.74) is 0. The predicted molar refractivity (Wildman–Crippen MR) is 37.3 cm³/mol. The van der Waals surface area contributed by atoms with E-state index >= 15 is 0 Å². The van der Waals surface area contributed by atoms with Gasteiger partial charge in [0.15, 0.2) is 0 Å². The number of allylic oxidation sites excluding steroid dienone is 2. The molecule has 9 heavy (non-hydrogen) atoms. The van der Waals surface area contributed by atoms with E-state index in [0.29, 0.717) is 0 Å². The van der Waals surface area contributed by atoms with Crippen molar-refractivity contribution in [2.45, 2.75) is 0 Å². The first-order chi connectivity index (χ1) is 4.31. The minimum absolute atomic E-state index is 0.0769. The van der Waals surface area contributed by atoms with E-state index in [0.717, 1.165) is 0 Å². The Labute approximate surface area is 54.2 Å². The molecule has 0 rings (SSSR count). The molecule has 0 heterocycles. The second-order valence-corrected chi connectivity index (χ2v) is 1.38. The third kappa shape index (κ3) is 4.77. The van der Waals surface area contributed by atoms with Gasteiger partial charge in [0.1, 0.15) is 12.4 Å². The van der Waals surface area contributed by atoms with Crippen LogP contribution in [0.15, 0.2) is 24.9 Å². The molecule has 0 bridgehead atoms. The van der Waals surface area contributed by atoms with Crippen molar-refractivity contribution in [3.63, 3.8) is 0 Å². The van der Waals surface area contributed by atoms with Gasteiger partial charge in [0.2, 0.25) is 0 Å². The molecule has 0 unspecified atom stereocenters. The van der Waals surface area contributed by atoms with E-state index in [1.807, 2.05) is 0 Å². The van der Waals surface area contributed by atoms with Crippen LogP contribution in [0.25, 0.3) is 0 Å². The van der Waals surface area contributed by atoms with Crippen molar-refractivity contribution in [3.8, 4) is 0 Å². The molecule has 0 radical (unpaired) electrons. The lowest BCUT2D eigenvalue weighted by Gasteiger charge is -1.94. The van der Waals surface area contributed by atoms with Crippen LogP contribution in [0.3, 0.4) is 0 Å². The number of amidine groups is 1. The zero-order valence-electron chi connectivity index (χ0n) is 5.09. The van der Waals surface area contributed by atoms with Crippen molar-refractivity contribution in [1.82, 2.24) is 5.32 Å². The van der Waals surface area contributed by atoms with Gasteiger partial charge in [0.05, 0.1) is 0 Å². The Morgan fingerprint density at radius 3 is 2.89 bits per heavy atom. The van der Waals surface area contributed by atoms with Crippen molar-refractivity contribution in [2.24, 2.45) is 0 Å². The molecule has 0 aliphatic heterocycles. The van der Waals surface area contributed by atoms with Crippen molar-refractivity contribution >= 4 is 5.84 Å². The molecule has 0 saturated carbocycles. The molecular weight excluding hydrogens is 116 g/mol. The van der Waals surface area contributed by atoms with Gasteiger partial charge >= 0.3 is 0 Å². The van der Waals surface area contributed by atoms with Gasteiger partial charge in [-0.3, -0.25) is 5.41 Å². The standard InChI is InChI=1S/C6H10N2O/c1-2-3-4-8-6(7)5-9/h2-4,9H,1,5H2,(H2,7,8)/b4-3-. The van der Waals surface area contributed by atoms with Crippen LogP contribution in [-0.2, 0) is 0 Å². The first kappa shape index (κ1) is 7.91. The Kier molecular flexibility index (Phi) is 4.44. The zero-order chi connectivity index (χ0) is 7.11. The average molecular weight is 126 g/mol. The quantitative estimate of drug-likeness (QED) is 0.288. The van der Waals surface area contributed by atoms with Crippen LogP contribution in [0.4, 0.5) is 0 Å². The summed E-state index contributed by atoms with van der Waals surface area (Å²) in [4.78, 5) is 0. The number of rotatable bonds is 3. The second kappa shape index (κ2) is 5.05. The molecule has 0 saturated heterocycles. The fourth-order valence-corrected chi connectivity index (χ4v) is 0.262. The highest BCUT2D eigenvalue weighted by Gasteiger charge is 1.83. The Balaban J connectivity index is 3.37. The summed E-state index contributed by atoms with van der Waals surface area (Å²) in [7, 11) is 0. The van der Waals surface area contributed by atoms with Crippen LogP contribution in [0.2, 0.25) is 0 Å². The highest BCUT2D eigenvalue weighted by molar-refractivity contribution is 5.80. The summed E-state index contributed by atoms with van der Waals surface area (Å²) in [5, 5.41) is 17.7. The van der Waals surface area contributed by atoms with E-state index in [1.54, 1.807) is 12.2 Å². The number of hydrogen-bond donors (Lipinski definition) is 3. The Bertz CT molecular complexity index is 129. The van der Waals surface area contributed by atoms with Crippen molar-refractivity contribution in [1.29, 1.82) is 5.41 Å². The maximum Gasteiger partial charge on any atom is 0.123 e. The molecule has 3 N–H and O–H groups in total. The lowest BCUT2D eigenvalue weighted by Crippen LogP contribution is -2.19. The van der Waals surface area contributed by atoms with Gasteiger partial charge in [0.25, 0.3) is 0 Å². The molecular formula is C6H10N2O. The van der Waals surface area contributed by atoms with E-state index in [2.05, 4.69) is 11.9 Å². The zero-order valence-corrected chi connectivity index (χ0v) is 5.09. The van der Waals surface area contributed by atoms with Gasteiger partial charge < -0.3 is 10.4 Å². The summed E-state index contributed by atoms with van der Waals surface area (Å²) in [6, 6.07) is 0. The van der Waals surface area contributed by atoms with Crippen LogP contribution in [-0.4, -0.2) is 17.5 Å². The summed E-state index contributed by atoms with van der Waals surface area (Å²) >= 11 is 0. The first-order valence-electron chi connectivity index (χ1n) is 2.53. The van der Waals surface area contributed by atoms with Gasteiger partial charge in [-0.15, -0.1) is 0 Å². The normalized spacial score (nSPS) is 9.44. The molecule has 0 aromatic carbocycles. The van der Waals surface area contributed by atoms with E-state index in [1.165, 1.54) is 6.20 Å². The van der Waals surface area contributed by atoms with Gasteiger partial charge in [-0.2, -0.15) is 0 Å². The molecule has 0 spiro atoms. The topological polar surface area (TPSA) is 56.1 Å². The van der Waals surface area contributed by atoms with Crippen LogP contribution in [0.1, 0.15) is 0 Å². The highest BCUT2D eigenvalue weighted by atomic mass is 16.3. The average Bonchev–Trinajstić information content (AvgIpc) is 1.89. The number of nitrogens with one attached hydrogen (secondary N) is 2. The van der Waals surface area contributed by atoms with Crippen molar-refractivity contribution < 1.29 is 5.11 Å². The SMILES string of the molecule is C=C/C=C\NC(=N)CO. The van der Waals surface area contributed by atoms with Gasteiger partial charge in [-0.05, 0) is 6.08 Å². The third-order valence-corrected chi connectivity index (χ3v) is 0.648. The van der Waals surface area contributed by atoms with Crippen LogP contribution in [0.5, 0.6) is 0 Å². The van der Waals surface area contributed by atoms with Gasteiger partial charge in [-0.25, -0.2) is 0 Å². The number of aliphatic hydroxyl groups is 1. The smallest absolute Gasteiger partial charge is 0.123 e. The largest absolute Gasteiger partial charge is 0.388 e. The summed E-state index contributed by atoms with van der Waals surface area (Å²) in [6.45, 7) is 3.16. The summed E-state index contributed by atoms with van der Waals surface area (Å²) < 4.78 is 0. The Morgan fingerprint density at radius 2 is 2.44 bits per heavy atom. The lowest BCUT2D eigenvalue weighted by atomic mass is 10.5. The molecule has 0 atom stereocenters. The molecule has 0 amide bonds. The number of hydrogen-bond acceptors (Lipinski definition) is 2. The van der Waals surface area contributed by atoms with Crippen molar-refractivity contribution in [2.75, 3.05) is 6.61 Å². The van der Waals surface area contributed by atoms with Gasteiger partial charge in [0, 0.05) is 6.20 Å². The van der Waals surface area contributed by atoms with E-state index < -0.39 is 0 Å². The molecule has 50 valence electrons. The third-order valence-electron chi connectivity index (χ3n) is 0.648. The van der Waals surface area contributed by atoms with Crippen LogP contribution < -0.4 is 5.32 Å². The maximum absolute atomic E-state index is 8.29. The molecule has 0 aromatic rings.